The standard InChI is InChI=1S/C11H13ClF3N3O/c12-9-3-16-4-10(17-9)19-7-8-5-18(6-8)2-1-11(13,14)15/h3-4,8H,1-2,5-7H2. The lowest BCUT2D eigenvalue weighted by Crippen LogP contribution is -2.50. The lowest BCUT2D eigenvalue weighted by molar-refractivity contribution is -0.141. The highest BCUT2D eigenvalue weighted by Crippen LogP contribution is 2.23. The lowest BCUT2D eigenvalue weighted by Gasteiger charge is -2.39. The van der Waals surface area contributed by atoms with Gasteiger partial charge in [0.1, 0.15) is 0 Å². The van der Waals surface area contributed by atoms with Crippen molar-refractivity contribution in [2.24, 2.45) is 5.92 Å². The zero-order valence-electron chi connectivity index (χ0n) is 10.0. The van der Waals surface area contributed by atoms with Crippen LogP contribution in [-0.4, -0.2) is 47.3 Å². The fourth-order valence-corrected chi connectivity index (χ4v) is 1.99. The number of hydrogen-bond acceptors (Lipinski definition) is 4. The van der Waals surface area contributed by atoms with E-state index in [0.29, 0.717) is 25.6 Å². The molecule has 19 heavy (non-hydrogen) atoms. The maximum absolute atomic E-state index is 12.0. The molecule has 1 aromatic rings. The zero-order valence-corrected chi connectivity index (χ0v) is 10.8. The summed E-state index contributed by atoms with van der Waals surface area (Å²) in [6, 6.07) is 0. The predicted octanol–water partition coefficient (Wildman–Crippen LogP) is 2.39. The van der Waals surface area contributed by atoms with Crippen molar-refractivity contribution < 1.29 is 17.9 Å². The Hall–Kier alpha value is -1.08. The van der Waals surface area contributed by atoms with Crippen LogP contribution in [0.15, 0.2) is 12.4 Å². The average molecular weight is 296 g/mol. The fourth-order valence-electron chi connectivity index (χ4n) is 1.85. The van der Waals surface area contributed by atoms with Gasteiger partial charge in [0.05, 0.1) is 25.4 Å². The molecular formula is C11H13ClF3N3O. The van der Waals surface area contributed by atoms with E-state index in [1.54, 1.807) is 4.90 Å². The van der Waals surface area contributed by atoms with Gasteiger partial charge in [0.2, 0.25) is 5.88 Å². The van der Waals surface area contributed by atoms with Gasteiger partial charge >= 0.3 is 6.18 Å². The average Bonchev–Trinajstić information content (AvgIpc) is 2.25. The number of alkyl halides is 3. The van der Waals surface area contributed by atoms with Crippen LogP contribution < -0.4 is 4.74 Å². The van der Waals surface area contributed by atoms with E-state index in [1.165, 1.54) is 12.4 Å². The summed E-state index contributed by atoms with van der Waals surface area (Å²) in [6.07, 6.45) is -2.00. The summed E-state index contributed by atoms with van der Waals surface area (Å²) in [5.41, 5.74) is 0. The molecule has 0 spiro atoms. The van der Waals surface area contributed by atoms with Crippen LogP contribution in [0.4, 0.5) is 13.2 Å². The molecule has 4 nitrogen and oxygen atoms in total. The summed E-state index contributed by atoms with van der Waals surface area (Å²) in [4.78, 5) is 9.49. The van der Waals surface area contributed by atoms with Crippen molar-refractivity contribution in [2.75, 3.05) is 26.2 Å². The SMILES string of the molecule is FC(F)(F)CCN1CC(COc2cncc(Cl)n2)C1. The summed E-state index contributed by atoms with van der Waals surface area (Å²) in [6.45, 7) is 1.70. The minimum atomic E-state index is -4.09. The molecule has 0 bridgehead atoms. The van der Waals surface area contributed by atoms with E-state index in [1.807, 2.05) is 0 Å². The quantitative estimate of drug-likeness (QED) is 0.836. The lowest BCUT2D eigenvalue weighted by atomic mass is 10.0. The van der Waals surface area contributed by atoms with Gasteiger partial charge in [-0.2, -0.15) is 18.2 Å². The summed E-state index contributed by atoms with van der Waals surface area (Å²) >= 11 is 5.65. The second-order valence-corrected chi connectivity index (χ2v) is 4.87. The summed E-state index contributed by atoms with van der Waals surface area (Å²) < 4.78 is 41.4. The largest absolute Gasteiger partial charge is 0.476 e. The molecule has 8 heteroatoms. The third-order valence-corrected chi connectivity index (χ3v) is 2.98. The third kappa shape index (κ3) is 4.83. The Morgan fingerprint density at radius 2 is 2.11 bits per heavy atom. The van der Waals surface area contributed by atoms with Crippen molar-refractivity contribution in [2.45, 2.75) is 12.6 Å². The molecule has 1 fully saturated rings. The van der Waals surface area contributed by atoms with Gasteiger partial charge in [0.25, 0.3) is 0 Å². The first-order chi connectivity index (χ1) is 8.92. The van der Waals surface area contributed by atoms with Crippen molar-refractivity contribution >= 4 is 11.6 Å². The van der Waals surface area contributed by atoms with Crippen LogP contribution in [0.5, 0.6) is 5.88 Å². The van der Waals surface area contributed by atoms with E-state index in [4.69, 9.17) is 16.3 Å². The first-order valence-electron chi connectivity index (χ1n) is 5.82. The molecule has 0 aliphatic carbocycles. The first kappa shape index (κ1) is 14.3. The van der Waals surface area contributed by atoms with Gasteiger partial charge in [-0.1, -0.05) is 11.6 Å². The molecule has 1 aromatic heterocycles. The highest BCUT2D eigenvalue weighted by Gasteiger charge is 2.32. The monoisotopic (exact) mass is 295 g/mol. The van der Waals surface area contributed by atoms with Crippen LogP contribution in [0, 0.1) is 5.92 Å². The molecule has 0 unspecified atom stereocenters. The highest BCUT2D eigenvalue weighted by molar-refractivity contribution is 6.29. The van der Waals surface area contributed by atoms with Gasteiger partial charge in [-0.05, 0) is 0 Å². The Balaban J connectivity index is 1.63. The van der Waals surface area contributed by atoms with E-state index in [0.717, 1.165) is 0 Å². The molecule has 0 atom stereocenters. The van der Waals surface area contributed by atoms with Gasteiger partial charge in [-0.3, -0.25) is 4.98 Å². The second kappa shape index (κ2) is 5.92. The minimum absolute atomic E-state index is 0.0526. The van der Waals surface area contributed by atoms with Crippen LogP contribution in [0.2, 0.25) is 5.15 Å². The molecule has 106 valence electrons. The highest BCUT2D eigenvalue weighted by atomic mass is 35.5. The fraction of sp³-hybridized carbons (Fsp3) is 0.636. The minimum Gasteiger partial charge on any atom is -0.476 e. The molecule has 1 aliphatic rings. The first-order valence-corrected chi connectivity index (χ1v) is 6.19. The second-order valence-electron chi connectivity index (χ2n) is 4.48. The summed E-state index contributed by atoms with van der Waals surface area (Å²) in [5, 5.41) is 0.248. The molecule has 0 aromatic carbocycles. The van der Waals surface area contributed by atoms with Gasteiger partial charge in [0, 0.05) is 25.6 Å². The van der Waals surface area contributed by atoms with E-state index in [-0.39, 0.29) is 17.6 Å². The molecule has 0 N–H and O–H groups in total. The molecule has 0 saturated carbocycles. The van der Waals surface area contributed by atoms with Gasteiger partial charge in [-0.25, -0.2) is 0 Å². The Morgan fingerprint density at radius 3 is 2.74 bits per heavy atom. The van der Waals surface area contributed by atoms with Crippen molar-refractivity contribution in [3.05, 3.63) is 17.5 Å². The number of nitrogens with zero attached hydrogens (tertiary/aromatic N) is 3. The van der Waals surface area contributed by atoms with Gasteiger partial charge in [0.15, 0.2) is 5.15 Å². The third-order valence-electron chi connectivity index (χ3n) is 2.79. The van der Waals surface area contributed by atoms with E-state index < -0.39 is 12.6 Å². The van der Waals surface area contributed by atoms with Crippen molar-refractivity contribution in [3.63, 3.8) is 0 Å². The zero-order chi connectivity index (χ0) is 13.9. The number of hydrogen-bond donors (Lipinski definition) is 0. The molecule has 2 rings (SSSR count). The number of likely N-dealkylation sites (tertiary alicyclic amines) is 1. The summed E-state index contributed by atoms with van der Waals surface area (Å²) in [5.74, 6) is 0.565. The topological polar surface area (TPSA) is 38.2 Å². The number of ether oxygens (including phenoxy) is 1. The molecular weight excluding hydrogens is 283 g/mol. The van der Waals surface area contributed by atoms with Crippen LogP contribution in [-0.2, 0) is 0 Å². The van der Waals surface area contributed by atoms with Crippen LogP contribution >= 0.6 is 11.6 Å². The maximum Gasteiger partial charge on any atom is 0.390 e. The van der Waals surface area contributed by atoms with Crippen LogP contribution in [0.25, 0.3) is 0 Å². The number of rotatable bonds is 5. The maximum atomic E-state index is 12.0. The normalized spacial score (nSPS) is 17.3. The van der Waals surface area contributed by atoms with Crippen LogP contribution in [0.3, 0.4) is 0 Å². The molecule has 0 radical (unpaired) electrons. The molecule has 0 amide bonds. The number of aromatic nitrogens is 2. The Kier molecular flexibility index (Phi) is 4.46. The molecule has 1 saturated heterocycles. The van der Waals surface area contributed by atoms with Crippen molar-refractivity contribution in [1.29, 1.82) is 0 Å². The molecule has 2 heterocycles. The Morgan fingerprint density at radius 1 is 1.37 bits per heavy atom. The predicted molar refractivity (Wildman–Crippen MR) is 63.1 cm³/mol. The molecule has 1 aliphatic heterocycles. The van der Waals surface area contributed by atoms with E-state index >= 15 is 0 Å². The van der Waals surface area contributed by atoms with Gasteiger partial charge in [-0.15, -0.1) is 0 Å². The van der Waals surface area contributed by atoms with Crippen molar-refractivity contribution in [1.82, 2.24) is 14.9 Å². The van der Waals surface area contributed by atoms with Crippen molar-refractivity contribution in [3.8, 4) is 5.88 Å². The Bertz CT molecular complexity index is 424. The number of halogens is 4. The van der Waals surface area contributed by atoms with E-state index in [9.17, 15) is 13.2 Å². The van der Waals surface area contributed by atoms with Gasteiger partial charge < -0.3 is 9.64 Å². The van der Waals surface area contributed by atoms with Crippen LogP contribution in [0.1, 0.15) is 6.42 Å². The smallest absolute Gasteiger partial charge is 0.390 e. The summed E-state index contributed by atoms with van der Waals surface area (Å²) in [7, 11) is 0. The Labute approximate surface area is 113 Å². The van der Waals surface area contributed by atoms with E-state index in [2.05, 4.69) is 9.97 Å².